The van der Waals surface area contributed by atoms with Crippen molar-refractivity contribution in [3.05, 3.63) is 94.1 Å². The van der Waals surface area contributed by atoms with Crippen LogP contribution in [0, 0.1) is 11.8 Å². The highest BCUT2D eigenvalue weighted by Crippen LogP contribution is 2.54. The normalized spacial score (nSPS) is 22.9. The lowest BCUT2D eigenvalue weighted by atomic mass is 9.83. The van der Waals surface area contributed by atoms with Crippen molar-refractivity contribution in [1.82, 2.24) is 4.90 Å². The van der Waals surface area contributed by atoms with E-state index in [2.05, 4.69) is 0 Å². The summed E-state index contributed by atoms with van der Waals surface area (Å²) in [4.78, 5) is 44.6. The number of benzene rings is 3. The van der Waals surface area contributed by atoms with Crippen molar-refractivity contribution >= 4 is 41.0 Å². The van der Waals surface area contributed by atoms with Gasteiger partial charge in [-0.3, -0.25) is 14.4 Å². The number of ether oxygens (including phenoxy) is 2. The van der Waals surface area contributed by atoms with Gasteiger partial charge in [0.15, 0.2) is 17.3 Å². The van der Waals surface area contributed by atoms with Gasteiger partial charge in [0, 0.05) is 11.8 Å². The molecular weight excluding hydrogens is 561 g/mol. The minimum atomic E-state index is -4.80. The third-order valence-electron chi connectivity index (χ3n) is 7.91. The van der Waals surface area contributed by atoms with Crippen LogP contribution >= 0.6 is 11.6 Å². The van der Waals surface area contributed by atoms with Crippen molar-refractivity contribution in [3.63, 3.8) is 0 Å². The Morgan fingerprint density at radius 2 is 1.61 bits per heavy atom. The van der Waals surface area contributed by atoms with Crippen LogP contribution in [0.4, 0.5) is 18.9 Å². The standard InChI is InChI=1S/C30H22ClF3N2O5/c1-40-21-10-7-16(13-22(21)41-2)27(37)26-24-23(25-18-6-4-3-5-15(18)11-12-35(25)26)28(38)36(29(24)39)17-8-9-20(31)19(14-17)30(32,33)34/h3-14,23-26H,1-2H3/t23-,24-,25-,26+/m1/s1. The molecule has 2 amide bonds. The number of carbonyl (C=O) groups excluding carboxylic acids is 3. The van der Waals surface area contributed by atoms with E-state index in [0.29, 0.717) is 17.6 Å². The van der Waals surface area contributed by atoms with E-state index in [1.807, 2.05) is 24.3 Å². The second-order valence-electron chi connectivity index (χ2n) is 9.94. The number of alkyl halides is 3. The molecule has 6 rings (SSSR count). The van der Waals surface area contributed by atoms with Gasteiger partial charge in [-0.2, -0.15) is 13.2 Å². The highest BCUT2D eigenvalue weighted by molar-refractivity contribution is 6.32. The second-order valence-corrected chi connectivity index (χ2v) is 10.3. The van der Waals surface area contributed by atoms with Crippen LogP contribution < -0.4 is 14.4 Å². The predicted molar refractivity (Wildman–Crippen MR) is 144 cm³/mol. The molecule has 3 aliphatic rings. The van der Waals surface area contributed by atoms with Crippen molar-refractivity contribution in [3.8, 4) is 11.5 Å². The van der Waals surface area contributed by atoms with Gasteiger partial charge in [0.1, 0.15) is 6.04 Å². The molecule has 3 aromatic carbocycles. The highest BCUT2D eigenvalue weighted by Gasteiger charge is 2.64. The Balaban J connectivity index is 1.48. The third kappa shape index (κ3) is 4.08. The Morgan fingerprint density at radius 1 is 0.902 bits per heavy atom. The molecule has 0 unspecified atom stereocenters. The van der Waals surface area contributed by atoms with Gasteiger partial charge in [-0.1, -0.05) is 35.9 Å². The summed E-state index contributed by atoms with van der Waals surface area (Å²) >= 11 is 5.80. The average Bonchev–Trinajstić information content (AvgIpc) is 3.44. The zero-order valence-corrected chi connectivity index (χ0v) is 22.4. The molecule has 11 heteroatoms. The SMILES string of the molecule is COc1ccc(C(=O)[C@@H]2[C@@H]3C(=O)N(c4ccc(Cl)c(C(F)(F)F)c4)C(=O)[C@H]3[C@H]3c4ccccc4C=CN23)cc1OC. The molecule has 2 fully saturated rings. The van der Waals surface area contributed by atoms with E-state index < -0.39 is 58.3 Å². The zero-order valence-electron chi connectivity index (χ0n) is 21.7. The van der Waals surface area contributed by atoms with E-state index in [0.717, 1.165) is 22.1 Å². The number of rotatable bonds is 5. The van der Waals surface area contributed by atoms with Crippen molar-refractivity contribution in [1.29, 1.82) is 0 Å². The van der Waals surface area contributed by atoms with Crippen molar-refractivity contribution in [2.45, 2.75) is 18.3 Å². The van der Waals surface area contributed by atoms with Crippen LogP contribution in [0.25, 0.3) is 6.08 Å². The van der Waals surface area contributed by atoms with Gasteiger partial charge in [-0.05, 0) is 53.6 Å². The number of Topliss-reactive ketones (excluding diaryl/α,β-unsaturated/α-hetero) is 1. The number of nitrogens with zero attached hydrogens (tertiary/aromatic N) is 2. The second kappa shape index (κ2) is 9.66. The Kier molecular flexibility index (Phi) is 6.33. The fourth-order valence-electron chi connectivity index (χ4n) is 6.14. The molecule has 0 aliphatic carbocycles. The molecule has 0 spiro atoms. The van der Waals surface area contributed by atoms with Gasteiger partial charge in [-0.15, -0.1) is 0 Å². The Hall–Kier alpha value is -4.31. The minimum absolute atomic E-state index is 0.226. The molecule has 0 radical (unpaired) electrons. The Labute approximate surface area is 237 Å². The number of hydrogen-bond donors (Lipinski definition) is 0. The summed E-state index contributed by atoms with van der Waals surface area (Å²) in [7, 11) is 2.89. The summed E-state index contributed by atoms with van der Waals surface area (Å²) in [5.74, 6) is -3.35. The number of halogens is 4. The topological polar surface area (TPSA) is 76.2 Å². The molecular formula is C30H22ClF3N2O5. The van der Waals surface area contributed by atoms with Gasteiger partial charge >= 0.3 is 6.18 Å². The Bertz CT molecular complexity index is 1640. The fraction of sp³-hybridized carbons (Fsp3) is 0.233. The zero-order chi connectivity index (χ0) is 29.2. The third-order valence-corrected chi connectivity index (χ3v) is 8.24. The molecule has 0 bridgehead atoms. The van der Waals surface area contributed by atoms with Gasteiger partial charge in [0.2, 0.25) is 11.8 Å². The number of carbonyl (C=O) groups is 3. The van der Waals surface area contributed by atoms with Crippen molar-refractivity contribution < 1.29 is 37.0 Å². The van der Waals surface area contributed by atoms with Crippen LogP contribution in [-0.2, 0) is 15.8 Å². The van der Waals surface area contributed by atoms with Crippen LogP contribution in [-0.4, -0.2) is 42.8 Å². The maximum absolute atomic E-state index is 14.1. The van der Waals surface area contributed by atoms with Crippen molar-refractivity contribution in [2.75, 3.05) is 19.1 Å². The van der Waals surface area contributed by atoms with Gasteiger partial charge in [0.05, 0.1) is 48.4 Å². The van der Waals surface area contributed by atoms with E-state index in [4.69, 9.17) is 21.1 Å². The molecule has 3 heterocycles. The first-order valence-electron chi connectivity index (χ1n) is 12.6. The van der Waals surface area contributed by atoms with E-state index in [-0.39, 0.29) is 11.3 Å². The largest absolute Gasteiger partial charge is 0.493 e. The Morgan fingerprint density at radius 3 is 2.32 bits per heavy atom. The number of ketones is 1. The highest BCUT2D eigenvalue weighted by atomic mass is 35.5. The number of imide groups is 1. The summed E-state index contributed by atoms with van der Waals surface area (Å²) in [5.41, 5.74) is 0.359. The quantitative estimate of drug-likeness (QED) is 0.281. The first-order chi connectivity index (χ1) is 19.6. The number of methoxy groups -OCH3 is 2. The van der Waals surface area contributed by atoms with E-state index in [1.165, 1.54) is 26.4 Å². The predicted octanol–water partition coefficient (Wildman–Crippen LogP) is 5.77. The minimum Gasteiger partial charge on any atom is -0.493 e. The van der Waals surface area contributed by atoms with Crippen LogP contribution in [0.15, 0.2) is 66.9 Å². The fourth-order valence-corrected chi connectivity index (χ4v) is 6.37. The summed E-state index contributed by atoms with van der Waals surface area (Å²) in [5, 5.41) is -0.556. The lowest BCUT2D eigenvalue weighted by Gasteiger charge is -2.35. The van der Waals surface area contributed by atoms with Gasteiger partial charge < -0.3 is 14.4 Å². The first kappa shape index (κ1) is 26.9. The first-order valence-corrected chi connectivity index (χ1v) is 13.0. The van der Waals surface area contributed by atoms with E-state index >= 15 is 0 Å². The number of amides is 2. The maximum atomic E-state index is 14.1. The van der Waals surface area contributed by atoms with E-state index in [1.54, 1.807) is 29.3 Å². The van der Waals surface area contributed by atoms with E-state index in [9.17, 15) is 27.6 Å². The molecule has 41 heavy (non-hydrogen) atoms. The van der Waals surface area contributed by atoms with Crippen molar-refractivity contribution in [2.24, 2.45) is 11.8 Å². The molecule has 7 nitrogen and oxygen atoms in total. The summed E-state index contributed by atoms with van der Waals surface area (Å²) < 4.78 is 51.6. The number of hydrogen-bond acceptors (Lipinski definition) is 6. The van der Waals surface area contributed by atoms with Crippen LogP contribution in [0.3, 0.4) is 0 Å². The molecule has 3 aliphatic heterocycles. The van der Waals surface area contributed by atoms with Crippen LogP contribution in [0.2, 0.25) is 5.02 Å². The molecule has 4 atom stereocenters. The number of fused-ring (bicyclic) bond motifs is 5. The van der Waals surface area contributed by atoms with Gasteiger partial charge in [0.25, 0.3) is 0 Å². The smallest absolute Gasteiger partial charge is 0.417 e. The average molecular weight is 583 g/mol. The summed E-state index contributed by atoms with van der Waals surface area (Å²) in [6.07, 6.45) is -1.29. The monoisotopic (exact) mass is 582 g/mol. The number of anilines is 1. The molecule has 0 aromatic heterocycles. The molecule has 210 valence electrons. The molecule has 2 saturated heterocycles. The lowest BCUT2D eigenvalue weighted by Crippen LogP contribution is -2.44. The molecule has 0 N–H and O–H groups in total. The summed E-state index contributed by atoms with van der Waals surface area (Å²) in [6, 6.07) is 13.0. The van der Waals surface area contributed by atoms with Crippen LogP contribution in [0.1, 0.15) is 33.1 Å². The molecule has 0 saturated carbocycles. The molecule has 3 aromatic rings. The van der Waals surface area contributed by atoms with Gasteiger partial charge in [-0.25, -0.2) is 4.90 Å². The summed E-state index contributed by atoms with van der Waals surface area (Å²) in [6.45, 7) is 0. The van der Waals surface area contributed by atoms with Crippen LogP contribution in [0.5, 0.6) is 11.5 Å². The lowest BCUT2D eigenvalue weighted by molar-refractivity contribution is -0.137. The maximum Gasteiger partial charge on any atom is 0.417 e.